The van der Waals surface area contributed by atoms with Crippen molar-refractivity contribution in [3.05, 3.63) is 89.0 Å². The molecule has 12 nitrogen and oxygen atoms in total. The summed E-state index contributed by atoms with van der Waals surface area (Å²) in [6.45, 7) is 13.1. The smallest absolute Gasteiger partial charge is 0.255 e. The molecular weight excluding hydrogens is 775 g/mol. The van der Waals surface area contributed by atoms with Crippen LogP contribution in [-0.2, 0) is 17.8 Å². The van der Waals surface area contributed by atoms with Crippen LogP contribution in [0.5, 0.6) is 0 Å². The van der Waals surface area contributed by atoms with Crippen LogP contribution in [0.3, 0.4) is 0 Å². The van der Waals surface area contributed by atoms with Crippen molar-refractivity contribution in [3.63, 3.8) is 0 Å². The standard InChI is InChI=1S/C47H56F2N10O2/c1-28-8-10-39(44(60)52-28)59-24-36-34(45(59)61)9-11-38-43(36)54(3)22-32-23-55(16-17-57(32)38)21-30-12-14-47(15-13-30)26-56(27-47)46-50-19-31(20-51-46)42-41-35(18-29(2)58(42)25-40(48)49)33-6-4-5-7-37(33)53-41/h4-7,9,11,19-20,29-30,32,39-40,42,53H,1,8,10,12-18,21-27H2,2-3H3,(H,52,60)/t29?,32?,39?,42-/m1/s1. The number of rotatable bonds is 7. The predicted octanol–water partition coefficient (Wildman–Crippen LogP) is 5.94. The molecule has 4 fully saturated rings. The molecule has 7 aliphatic rings. The highest BCUT2D eigenvalue weighted by Crippen LogP contribution is 2.48. The molecule has 4 aromatic rings. The van der Waals surface area contributed by atoms with E-state index in [1.165, 1.54) is 36.9 Å². The highest BCUT2D eigenvalue weighted by molar-refractivity contribution is 6.04. The van der Waals surface area contributed by atoms with Gasteiger partial charge in [0.25, 0.3) is 12.3 Å². The number of benzene rings is 2. The van der Waals surface area contributed by atoms with E-state index in [0.29, 0.717) is 36.8 Å². The highest BCUT2D eigenvalue weighted by atomic mass is 19.3. The molecule has 1 aliphatic carbocycles. The number of hydrogen-bond donors (Lipinski definition) is 2. The number of halogens is 2. The molecule has 3 unspecified atom stereocenters. The quantitative estimate of drug-likeness (QED) is 0.234. The Balaban J connectivity index is 0.699. The molecule has 4 atom stereocenters. The molecule has 320 valence electrons. The predicted molar refractivity (Wildman–Crippen MR) is 232 cm³/mol. The lowest BCUT2D eigenvalue weighted by Crippen LogP contribution is -2.61. The van der Waals surface area contributed by atoms with Gasteiger partial charge in [-0.1, -0.05) is 24.8 Å². The zero-order valence-corrected chi connectivity index (χ0v) is 35.3. The van der Waals surface area contributed by atoms with Crippen molar-refractivity contribution in [3.8, 4) is 0 Å². The number of alkyl halides is 2. The molecule has 8 heterocycles. The van der Waals surface area contributed by atoms with E-state index in [9.17, 15) is 18.4 Å². The number of aromatic nitrogens is 3. The number of piperidine rings is 1. The van der Waals surface area contributed by atoms with Gasteiger partial charge in [-0.25, -0.2) is 18.7 Å². The third-order valence-corrected chi connectivity index (χ3v) is 15.4. The summed E-state index contributed by atoms with van der Waals surface area (Å²) < 4.78 is 27.8. The van der Waals surface area contributed by atoms with Crippen LogP contribution < -0.4 is 20.0 Å². The fourth-order valence-electron chi connectivity index (χ4n) is 12.3. The maximum atomic E-state index is 13.9. The Kier molecular flexibility index (Phi) is 9.41. The number of aromatic amines is 1. The average Bonchev–Trinajstić information content (AvgIpc) is 3.77. The minimum Gasteiger partial charge on any atom is -0.371 e. The van der Waals surface area contributed by atoms with Gasteiger partial charge in [0, 0.05) is 122 Å². The number of likely N-dealkylation sites (N-methyl/N-ethyl adjacent to an activating group) is 1. The normalized spacial score (nSPS) is 26.7. The topological polar surface area (TPSA) is 107 Å². The molecule has 11 rings (SSSR count). The lowest BCUT2D eigenvalue weighted by Gasteiger charge is -2.54. The molecule has 0 radical (unpaired) electrons. The number of nitrogens with one attached hydrogen (secondary N) is 2. The summed E-state index contributed by atoms with van der Waals surface area (Å²) in [6, 6.07) is 11.9. The number of H-pyrrole nitrogens is 1. The van der Waals surface area contributed by atoms with E-state index in [0.717, 1.165) is 103 Å². The van der Waals surface area contributed by atoms with Gasteiger partial charge in [0.05, 0.1) is 30.0 Å². The van der Waals surface area contributed by atoms with Crippen molar-refractivity contribution in [1.29, 1.82) is 0 Å². The summed E-state index contributed by atoms with van der Waals surface area (Å²) in [6.07, 6.45) is 8.22. The van der Waals surface area contributed by atoms with Gasteiger partial charge in [-0.15, -0.1) is 0 Å². The zero-order valence-electron chi connectivity index (χ0n) is 35.3. The Labute approximate surface area is 355 Å². The molecular formula is C47H56F2N10O2. The highest BCUT2D eigenvalue weighted by Gasteiger charge is 2.47. The molecule has 14 heteroatoms. The van der Waals surface area contributed by atoms with Gasteiger partial charge in [-0.2, -0.15) is 0 Å². The molecule has 0 bridgehead atoms. The Morgan fingerprint density at radius 2 is 1.75 bits per heavy atom. The van der Waals surface area contributed by atoms with Crippen LogP contribution >= 0.6 is 0 Å². The largest absolute Gasteiger partial charge is 0.371 e. The summed E-state index contributed by atoms with van der Waals surface area (Å²) in [5.74, 6) is 1.24. The number of nitrogens with zero attached hydrogens (tertiary/aromatic N) is 8. The summed E-state index contributed by atoms with van der Waals surface area (Å²) >= 11 is 0. The van der Waals surface area contributed by atoms with Gasteiger partial charge in [-0.3, -0.25) is 19.4 Å². The van der Waals surface area contributed by atoms with E-state index in [1.807, 2.05) is 42.4 Å². The van der Waals surface area contributed by atoms with E-state index in [2.05, 4.69) is 61.7 Å². The number of allylic oxidation sites excluding steroid dienone is 1. The second kappa shape index (κ2) is 14.8. The number of para-hydroxylation sites is 1. The van der Waals surface area contributed by atoms with Gasteiger partial charge in [0.1, 0.15) is 6.04 Å². The van der Waals surface area contributed by atoms with Crippen LogP contribution in [0.25, 0.3) is 10.9 Å². The molecule has 6 aliphatic heterocycles. The van der Waals surface area contributed by atoms with Crippen molar-refractivity contribution in [2.75, 3.05) is 74.1 Å². The first-order valence-corrected chi connectivity index (χ1v) is 22.4. The van der Waals surface area contributed by atoms with Crippen molar-refractivity contribution in [2.45, 2.75) is 89.0 Å². The van der Waals surface area contributed by atoms with Crippen LogP contribution in [0.15, 0.2) is 61.1 Å². The number of amides is 2. The first-order chi connectivity index (χ1) is 29.5. The minimum absolute atomic E-state index is 0.0458. The van der Waals surface area contributed by atoms with E-state index >= 15 is 0 Å². The third kappa shape index (κ3) is 6.58. The fraction of sp³-hybridized carbons (Fsp3) is 0.532. The van der Waals surface area contributed by atoms with E-state index in [4.69, 9.17) is 9.97 Å². The summed E-state index contributed by atoms with van der Waals surface area (Å²) in [5.41, 5.74) is 9.22. The molecule has 61 heavy (non-hydrogen) atoms. The lowest BCUT2D eigenvalue weighted by molar-refractivity contribution is -0.126. The number of hydrogen-bond acceptors (Lipinski definition) is 9. The number of carbonyl (C=O) groups excluding carboxylic acids is 2. The summed E-state index contributed by atoms with van der Waals surface area (Å²) in [5, 5.41) is 4.02. The van der Waals surface area contributed by atoms with Crippen LogP contribution in [0.1, 0.15) is 84.2 Å². The van der Waals surface area contributed by atoms with Crippen molar-refractivity contribution in [1.82, 2.24) is 35.0 Å². The fourth-order valence-corrected chi connectivity index (χ4v) is 12.3. The second-order valence-electron chi connectivity index (χ2n) is 19.2. The summed E-state index contributed by atoms with van der Waals surface area (Å²) in [4.78, 5) is 53.3. The van der Waals surface area contributed by atoms with Gasteiger partial charge in [0.2, 0.25) is 11.9 Å². The SMILES string of the molecule is C=C1CCC(N2Cc3c(ccc4c3N(C)CC3CN(CC5CCC6(CC5)CN(c5ncc([C@@H]7c8[nH]c9ccccc9c8CC(C)N7CC(F)F)cn5)C6)CCN43)C2=O)C(=O)N1. The number of carbonyl (C=O) groups is 2. The minimum atomic E-state index is -2.43. The molecule has 2 aromatic carbocycles. The van der Waals surface area contributed by atoms with Gasteiger partial charge in [0.15, 0.2) is 0 Å². The van der Waals surface area contributed by atoms with Crippen molar-refractivity contribution >= 4 is 40.0 Å². The molecule has 2 amide bonds. The monoisotopic (exact) mass is 830 g/mol. The number of anilines is 3. The Morgan fingerprint density at radius 1 is 0.967 bits per heavy atom. The zero-order chi connectivity index (χ0) is 41.7. The molecule has 2 N–H and O–H groups in total. The second-order valence-corrected chi connectivity index (χ2v) is 19.2. The van der Waals surface area contributed by atoms with Crippen molar-refractivity contribution < 1.29 is 18.4 Å². The first-order valence-electron chi connectivity index (χ1n) is 22.4. The molecule has 1 spiro atoms. The Bertz CT molecular complexity index is 2390. The maximum absolute atomic E-state index is 13.9. The number of fused-ring (bicyclic) bond motifs is 8. The lowest BCUT2D eigenvalue weighted by atomic mass is 9.66. The Hall–Kier alpha value is -5.08. The van der Waals surface area contributed by atoms with Crippen LogP contribution in [0, 0.1) is 11.3 Å². The van der Waals surface area contributed by atoms with E-state index in [-0.39, 0.29) is 30.4 Å². The maximum Gasteiger partial charge on any atom is 0.255 e. The Morgan fingerprint density at radius 3 is 2.52 bits per heavy atom. The van der Waals surface area contributed by atoms with Gasteiger partial charge >= 0.3 is 0 Å². The van der Waals surface area contributed by atoms with Crippen molar-refractivity contribution in [2.24, 2.45) is 11.3 Å². The first kappa shape index (κ1) is 38.8. The molecule has 3 saturated heterocycles. The van der Waals surface area contributed by atoms with Crippen LogP contribution in [0.4, 0.5) is 26.1 Å². The third-order valence-electron chi connectivity index (χ3n) is 15.4. The molecule has 1 saturated carbocycles. The van der Waals surface area contributed by atoms with Gasteiger partial charge < -0.3 is 29.9 Å². The number of piperazine rings is 1. The molecule has 2 aromatic heterocycles. The average molecular weight is 831 g/mol. The van der Waals surface area contributed by atoms with Gasteiger partial charge in [-0.05, 0) is 81.5 Å². The van der Waals surface area contributed by atoms with Crippen LogP contribution in [-0.4, -0.2) is 125 Å². The van der Waals surface area contributed by atoms with E-state index in [1.54, 1.807) is 4.90 Å². The van der Waals surface area contributed by atoms with E-state index < -0.39 is 12.5 Å². The van der Waals surface area contributed by atoms with Crippen LogP contribution in [0.2, 0.25) is 0 Å². The summed E-state index contributed by atoms with van der Waals surface area (Å²) in [7, 11) is 2.16.